The van der Waals surface area contributed by atoms with Crippen LogP contribution in [0.2, 0.25) is 0 Å². The molecule has 0 saturated carbocycles. The van der Waals surface area contributed by atoms with Crippen LogP contribution < -0.4 is 0 Å². The van der Waals surface area contributed by atoms with Gasteiger partial charge in [0.1, 0.15) is 6.61 Å². The van der Waals surface area contributed by atoms with E-state index in [4.69, 9.17) is 19.3 Å². The molecule has 2 N–H and O–H groups in total. The molecule has 0 aliphatic carbocycles. The standard InChI is InChI=1S/C52H101O8P/c1-3-5-7-9-11-13-15-17-19-21-23-25-27-29-31-33-35-37-39-41-43-45-47-52(54)60-50(49-59-61(55,56)57)48-58-51(53)46-44-42-40-38-36-34-32-30-28-26-24-22-20-18-16-14-12-10-8-6-4-2/h18,20,50H,3-17,19,21-49H2,1-2H3,(H2,55,56,57)/b20-18+/t50-/m1/s1. The average Bonchev–Trinajstić information content (AvgIpc) is 3.23. The fraction of sp³-hybridized carbons (Fsp3) is 0.923. The highest BCUT2D eigenvalue weighted by Gasteiger charge is 2.23. The fourth-order valence-electron chi connectivity index (χ4n) is 8.08. The highest BCUT2D eigenvalue weighted by atomic mass is 31.2. The SMILES string of the molecule is CCCCCCCC/C=C/CCCCCCCCCCCCCC(=O)OC[C@H](COP(=O)(O)O)OC(=O)CCCCCCCCCCCCCCCCCCCCCCCC. The van der Waals surface area contributed by atoms with Crippen molar-refractivity contribution in [2.45, 2.75) is 296 Å². The largest absolute Gasteiger partial charge is 0.469 e. The number of esters is 2. The maximum absolute atomic E-state index is 12.5. The minimum Gasteiger partial charge on any atom is -0.462 e. The normalized spacial score (nSPS) is 12.4. The summed E-state index contributed by atoms with van der Waals surface area (Å²) >= 11 is 0. The first-order chi connectivity index (χ1) is 29.8. The highest BCUT2D eigenvalue weighted by molar-refractivity contribution is 7.46. The summed E-state index contributed by atoms with van der Waals surface area (Å²) in [4.78, 5) is 43.1. The van der Waals surface area contributed by atoms with E-state index in [9.17, 15) is 14.2 Å². The molecule has 0 aromatic rings. The Morgan fingerprint density at radius 3 is 1.00 bits per heavy atom. The van der Waals surface area contributed by atoms with Crippen LogP contribution in [0.1, 0.15) is 290 Å². The number of hydrogen-bond acceptors (Lipinski definition) is 6. The van der Waals surface area contributed by atoms with Gasteiger partial charge in [-0.05, 0) is 38.5 Å². The Morgan fingerprint density at radius 2 is 0.689 bits per heavy atom. The number of rotatable bonds is 50. The van der Waals surface area contributed by atoms with Gasteiger partial charge in [0.2, 0.25) is 0 Å². The molecular formula is C52H101O8P. The topological polar surface area (TPSA) is 119 Å². The number of ether oxygens (including phenoxy) is 2. The lowest BCUT2D eigenvalue weighted by Gasteiger charge is -2.18. The van der Waals surface area contributed by atoms with Crippen molar-refractivity contribution in [2.24, 2.45) is 0 Å². The van der Waals surface area contributed by atoms with E-state index in [1.165, 1.54) is 225 Å². The van der Waals surface area contributed by atoms with Gasteiger partial charge in [0.15, 0.2) is 6.10 Å². The minimum atomic E-state index is -4.76. The molecule has 0 saturated heterocycles. The summed E-state index contributed by atoms with van der Waals surface area (Å²) in [5.74, 6) is -0.865. The lowest BCUT2D eigenvalue weighted by atomic mass is 10.0. The fourth-order valence-corrected chi connectivity index (χ4v) is 8.44. The van der Waals surface area contributed by atoms with E-state index in [-0.39, 0.29) is 19.4 Å². The molecule has 0 aliphatic rings. The van der Waals surface area contributed by atoms with E-state index in [0.717, 1.165) is 32.1 Å². The summed E-state index contributed by atoms with van der Waals surface area (Å²) in [6.45, 7) is 3.74. The van der Waals surface area contributed by atoms with E-state index in [0.29, 0.717) is 6.42 Å². The second-order valence-corrected chi connectivity index (χ2v) is 19.5. The van der Waals surface area contributed by atoms with Crippen LogP contribution in [0.15, 0.2) is 12.2 Å². The quantitative estimate of drug-likeness (QED) is 0.0268. The summed E-state index contributed by atoms with van der Waals surface area (Å²) in [6.07, 6.45) is 56.6. The average molecular weight is 885 g/mol. The minimum absolute atomic E-state index is 0.219. The molecule has 0 fully saturated rings. The van der Waals surface area contributed by atoms with Crippen molar-refractivity contribution in [1.29, 1.82) is 0 Å². The number of carbonyl (C=O) groups excluding carboxylic acids is 2. The second-order valence-electron chi connectivity index (χ2n) is 18.2. The molecule has 0 amide bonds. The van der Waals surface area contributed by atoms with Crippen molar-refractivity contribution in [2.75, 3.05) is 13.2 Å². The Morgan fingerprint density at radius 1 is 0.410 bits per heavy atom. The van der Waals surface area contributed by atoms with Crippen molar-refractivity contribution in [3.05, 3.63) is 12.2 Å². The molecule has 0 rings (SSSR count). The number of phosphoric ester groups is 1. The Balaban J connectivity index is 3.76. The summed E-state index contributed by atoms with van der Waals surface area (Å²) in [6, 6.07) is 0. The van der Waals surface area contributed by atoms with Gasteiger partial charge in [-0.3, -0.25) is 14.1 Å². The van der Waals surface area contributed by atoms with Crippen molar-refractivity contribution in [3.8, 4) is 0 Å². The van der Waals surface area contributed by atoms with Gasteiger partial charge in [-0.2, -0.15) is 0 Å². The number of carbonyl (C=O) groups is 2. The molecule has 0 aliphatic heterocycles. The van der Waals surface area contributed by atoms with Crippen molar-refractivity contribution in [1.82, 2.24) is 0 Å². The second kappa shape index (κ2) is 48.3. The van der Waals surface area contributed by atoms with Gasteiger partial charge in [0.05, 0.1) is 6.61 Å². The van der Waals surface area contributed by atoms with E-state index in [1.807, 2.05) is 0 Å². The summed E-state index contributed by atoms with van der Waals surface area (Å²) in [5.41, 5.74) is 0. The zero-order chi connectivity index (χ0) is 44.6. The van der Waals surface area contributed by atoms with Gasteiger partial charge in [-0.1, -0.05) is 251 Å². The molecule has 0 bridgehead atoms. The predicted molar refractivity (Wildman–Crippen MR) is 258 cm³/mol. The van der Waals surface area contributed by atoms with Crippen LogP contribution in [0.25, 0.3) is 0 Å². The third-order valence-corrected chi connectivity index (χ3v) is 12.5. The van der Waals surface area contributed by atoms with Crippen LogP contribution in [0.5, 0.6) is 0 Å². The number of allylic oxidation sites excluding steroid dienone is 2. The summed E-state index contributed by atoms with van der Waals surface area (Å²) in [5, 5.41) is 0. The first-order valence-corrected chi connectivity index (χ1v) is 28.0. The lowest BCUT2D eigenvalue weighted by Crippen LogP contribution is -2.29. The van der Waals surface area contributed by atoms with Gasteiger partial charge in [-0.25, -0.2) is 4.57 Å². The summed E-state index contributed by atoms with van der Waals surface area (Å²) < 4.78 is 26.6. The third-order valence-electron chi connectivity index (χ3n) is 12.0. The predicted octanol–water partition coefficient (Wildman–Crippen LogP) is 16.9. The Kier molecular flexibility index (Phi) is 47.3. The zero-order valence-electron chi connectivity index (χ0n) is 40.3. The van der Waals surface area contributed by atoms with E-state index >= 15 is 0 Å². The Labute approximate surface area is 377 Å². The lowest BCUT2D eigenvalue weighted by molar-refractivity contribution is -0.161. The molecule has 8 nitrogen and oxygen atoms in total. The number of unbranched alkanes of at least 4 members (excludes halogenated alkanes) is 38. The molecule has 9 heteroatoms. The smallest absolute Gasteiger partial charge is 0.462 e. The van der Waals surface area contributed by atoms with Gasteiger partial charge in [-0.15, -0.1) is 0 Å². The number of hydrogen-bond donors (Lipinski definition) is 2. The van der Waals surface area contributed by atoms with Crippen LogP contribution in [0.4, 0.5) is 0 Å². The van der Waals surface area contributed by atoms with Gasteiger partial charge in [0.25, 0.3) is 0 Å². The molecule has 0 aromatic heterocycles. The van der Waals surface area contributed by atoms with Crippen LogP contribution in [-0.4, -0.2) is 41.0 Å². The van der Waals surface area contributed by atoms with Crippen LogP contribution in [-0.2, 0) is 28.2 Å². The Bertz CT molecular complexity index is 998. The first kappa shape index (κ1) is 59.8. The van der Waals surface area contributed by atoms with Crippen LogP contribution in [0, 0.1) is 0 Å². The van der Waals surface area contributed by atoms with E-state index in [1.54, 1.807) is 0 Å². The molecular weight excluding hydrogens is 784 g/mol. The maximum Gasteiger partial charge on any atom is 0.469 e. The highest BCUT2D eigenvalue weighted by Crippen LogP contribution is 2.36. The van der Waals surface area contributed by atoms with E-state index < -0.39 is 32.5 Å². The van der Waals surface area contributed by atoms with Crippen LogP contribution >= 0.6 is 7.82 Å². The van der Waals surface area contributed by atoms with Crippen molar-refractivity contribution >= 4 is 19.8 Å². The molecule has 0 unspecified atom stereocenters. The molecule has 0 heterocycles. The maximum atomic E-state index is 12.5. The summed E-state index contributed by atoms with van der Waals surface area (Å²) in [7, 11) is -4.76. The third kappa shape index (κ3) is 51.3. The zero-order valence-corrected chi connectivity index (χ0v) is 41.2. The first-order valence-electron chi connectivity index (χ1n) is 26.5. The molecule has 0 spiro atoms. The van der Waals surface area contributed by atoms with Crippen molar-refractivity contribution in [3.63, 3.8) is 0 Å². The van der Waals surface area contributed by atoms with Gasteiger partial charge >= 0.3 is 19.8 Å². The van der Waals surface area contributed by atoms with Crippen molar-refractivity contribution < 1.29 is 37.9 Å². The molecule has 0 radical (unpaired) electrons. The number of phosphoric acid groups is 1. The molecule has 0 aromatic carbocycles. The van der Waals surface area contributed by atoms with Gasteiger partial charge in [0, 0.05) is 12.8 Å². The molecule has 1 atom stereocenters. The molecule has 61 heavy (non-hydrogen) atoms. The monoisotopic (exact) mass is 885 g/mol. The Hall–Kier alpha value is -1.21. The van der Waals surface area contributed by atoms with E-state index in [2.05, 4.69) is 30.5 Å². The van der Waals surface area contributed by atoms with Crippen LogP contribution in [0.3, 0.4) is 0 Å². The van der Waals surface area contributed by atoms with Gasteiger partial charge < -0.3 is 19.3 Å². The molecule has 362 valence electrons.